The number of carbonyl (C=O) groups excluding carboxylic acids is 1. The van der Waals surface area contributed by atoms with Crippen LogP contribution in [0.2, 0.25) is 5.02 Å². The van der Waals surface area contributed by atoms with Crippen LogP contribution in [-0.2, 0) is 0 Å². The van der Waals surface area contributed by atoms with Gasteiger partial charge < -0.3 is 10.0 Å². The fraction of sp³-hybridized carbons (Fsp3) is 0.500. The van der Waals surface area contributed by atoms with E-state index in [4.69, 9.17) is 16.7 Å². The fourth-order valence-electron chi connectivity index (χ4n) is 2.46. The third-order valence-electron chi connectivity index (χ3n) is 3.42. The topological polar surface area (TPSA) is 40.5 Å². The minimum absolute atomic E-state index is 0.0477. The molecule has 1 aliphatic rings. The maximum absolute atomic E-state index is 12.3. The molecule has 1 N–H and O–H groups in total. The van der Waals surface area contributed by atoms with Crippen LogP contribution in [0.5, 0.6) is 0 Å². The summed E-state index contributed by atoms with van der Waals surface area (Å²) in [5, 5.41) is 9.60. The zero-order valence-corrected chi connectivity index (χ0v) is 11.1. The number of piperidine rings is 1. The summed E-state index contributed by atoms with van der Waals surface area (Å²) in [7, 11) is 0. The van der Waals surface area contributed by atoms with Crippen LogP contribution in [-0.4, -0.2) is 42.0 Å². The van der Waals surface area contributed by atoms with Crippen LogP contribution in [0.1, 0.15) is 23.2 Å². The summed E-state index contributed by atoms with van der Waals surface area (Å²) in [6, 6.07) is 7.08. The lowest BCUT2D eigenvalue weighted by atomic mass is 9.90. The van der Waals surface area contributed by atoms with Crippen LogP contribution in [0.4, 0.5) is 0 Å². The summed E-state index contributed by atoms with van der Waals surface area (Å²) >= 11 is 5.82. The zero-order chi connectivity index (χ0) is 13.0. The van der Waals surface area contributed by atoms with Gasteiger partial charge in [-0.15, -0.1) is 0 Å². The van der Waals surface area contributed by atoms with E-state index in [-0.39, 0.29) is 18.3 Å². The Balaban J connectivity index is 2.02. The van der Waals surface area contributed by atoms with E-state index < -0.39 is 0 Å². The van der Waals surface area contributed by atoms with Crippen molar-refractivity contribution in [1.29, 1.82) is 0 Å². The Morgan fingerprint density at radius 1 is 1.39 bits per heavy atom. The van der Waals surface area contributed by atoms with Gasteiger partial charge in [-0.1, -0.05) is 11.6 Å². The van der Waals surface area contributed by atoms with Crippen molar-refractivity contribution in [3.8, 4) is 0 Å². The summed E-state index contributed by atoms with van der Waals surface area (Å²) in [6.07, 6.45) is 1.95. The molecule has 1 atom stereocenters. The minimum atomic E-state index is 0.0477. The van der Waals surface area contributed by atoms with E-state index in [9.17, 15) is 4.79 Å². The van der Waals surface area contributed by atoms with E-state index >= 15 is 0 Å². The number of Topliss-reactive ketones (excluding diaryl/α,β-unsaturated/α-hetero) is 1. The van der Waals surface area contributed by atoms with Crippen LogP contribution in [0.3, 0.4) is 0 Å². The van der Waals surface area contributed by atoms with E-state index in [0.29, 0.717) is 11.6 Å². The molecule has 2 rings (SSSR count). The highest BCUT2D eigenvalue weighted by atomic mass is 35.5. The third kappa shape index (κ3) is 3.31. The molecule has 98 valence electrons. The van der Waals surface area contributed by atoms with Crippen molar-refractivity contribution in [2.45, 2.75) is 12.8 Å². The highest BCUT2D eigenvalue weighted by Gasteiger charge is 2.26. The monoisotopic (exact) mass is 267 g/mol. The van der Waals surface area contributed by atoms with Crippen molar-refractivity contribution in [2.24, 2.45) is 5.92 Å². The quantitative estimate of drug-likeness (QED) is 0.851. The van der Waals surface area contributed by atoms with Gasteiger partial charge in [0.2, 0.25) is 0 Å². The largest absolute Gasteiger partial charge is 0.395 e. The number of aliphatic hydroxyl groups is 1. The van der Waals surface area contributed by atoms with Gasteiger partial charge in [0.1, 0.15) is 0 Å². The Labute approximate surface area is 112 Å². The molecule has 1 heterocycles. The average Bonchev–Trinajstić information content (AvgIpc) is 2.39. The lowest BCUT2D eigenvalue weighted by Gasteiger charge is -2.31. The van der Waals surface area contributed by atoms with Crippen molar-refractivity contribution in [2.75, 3.05) is 26.2 Å². The molecule has 1 fully saturated rings. The Kier molecular flexibility index (Phi) is 4.75. The zero-order valence-electron chi connectivity index (χ0n) is 10.3. The number of ketones is 1. The number of rotatable bonds is 4. The van der Waals surface area contributed by atoms with E-state index in [1.165, 1.54) is 0 Å². The predicted molar refractivity (Wildman–Crippen MR) is 72.0 cm³/mol. The van der Waals surface area contributed by atoms with Gasteiger partial charge in [-0.2, -0.15) is 0 Å². The molecule has 0 amide bonds. The molecular weight excluding hydrogens is 250 g/mol. The second kappa shape index (κ2) is 6.32. The average molecular weight is 268 g/mol. The van der Waals surface area contributed by atoms with Gasteiger partial charge in [0.15, 0.2) is 5.78 Å². The lowest BCUT2D eigenvalue weighted by molar-refractivity contribution is 0.0794. The Morgan fingerprint density at radius 3 is 2.78 bits per heavy atom. The van der Waals surface area contributed by atoms with Gasteiger partial charge in [0.05, 0.1) is 6.61 Å². The molecule has 1 saturated heterocycles. The highest BCUT2D eigenvalue weighted by molar-refractivity contribution is 6.30. The number of halogens is 1. The van der Waals surface area contributed by atoms with Crippen LogP contribution in [0, 0.1) is 5.92 Å². The Morgan fingerprint density at radius 2 is 2.11 bits per heavy atom. The number of aliphatic hydroxyl groups excluding tert-OH is 1. The molecule has 3 nitrogen and oxygen atoms in total. The number of carbonyl (C=O) groups is 1. The number of likely N-dealkylation sites (tertiary alicyclic amines) is 1. The smallest absolute Gasteiger partial charge is 0.167 e. The van der Waals surface area contributed by atoms with E-state index in [2.05, 4.69) is 4.90 Å². The molecule has 0 radical (unpaired) electrons. The molecule has 18 heavy (non-hydrogen) atoms. The van der Waals surface area contributed by atoms with Crippen molar-refractivity contribution >= 4 is 17.4 Å². The molecule has 1 aromatic rings. The Hall–Kier alpha value is -0.900. The number of benzene rings is 1. The molecular formula is C14H18ClNO2. The standard InChI is InChI=1S/C14H18ClNO2/c15-13-5-3-11(4-6-13)14(18)12-2-1-7-16(10-12)8-9-17/h3-6,12,17H,1-2,7-10H2. The summed E-state index contributed by atoms with van der Waals surface area (Å²) in [5.41, 5.74) is 0.732. The van der Waals surface area contributed by atoms with Gasteiger partial charge in [0, 0.05) is 29.6 Å². The molecule has 1 aliphatic heterocycles. The van der Waals surface area contributed by atoms with Crippen LogP contribution in [0.15, 0.2) is 24.3 Å². The number of nitrogens with zero attached hydrogens (tertiary/aromatic N) is 1. The lowest BCUT2D eigenvalue weighted by Crippen LogP contribution is -2.40. The molecule has 0 spiro atoms. The first-order valence-corrected chi connectivity index (χ1v) is 6.71. The third-order valence-corrected chi connectivity index (χ3v) is 3.67. The second-order valence-electron chi connectivity index (χ2n) is 4.73. The van der Waals surface area contributed by atoms with Crippen LogP contribution in [0.25, 0.3) is 0 Å². The fourth-order valence-corrected chi connectivity index (χ4v) is 2.59. The molecule has 1 aromatic carbocycles. The molecule has 0 bridgehead atoms. The Bertz CT molecular complexity index is 403. The maximum atomic E-state index is 12.3. The predicted octanol–water partition coefficient (Wildman–Crippen LogP) is 2.23. The van der Waals surface area contributed by atoms with Gasteiger partial charge in [0.25, 0.3) is 0 Å². The van der Waals surface area contributed by atoms with E-state index in [1.54, 1.807) is 24.3 Å². The first-order chi connectivity index (χ1) is 8.70. The summed E-state index contributed by atoms with van der Waals surface area (Å²) < 4.78 is 0. The van der Waals surface area contributed by atoms with Crippen molar-refractivity contribution in [1.82, 2.24) is 4.90 Å². The summed E-state index contributed by atoms with van der Waals surface area (Å²) in [5.74, 6) is 0.237. The summed E-state index contributed by atoms with van der Waals surface area (Å²) in [6.45, 7) is 2.54. The van der Waals surface area contributed by atoms with E-state index in [0.717, 1.165) is 31.5 Å². The highest BCUT2D eigenvalue weighted by Crippen LogP contribution is 2.21. The second-order valence-corrected chi connectivity index (χ2v) is 5.17. The van der Waals surface area contributed by atoms with Gasteiger partial charge in [-0.3, -0.25) is 4.79 Å². The van der Waals surface area contributed by atoms with Gasteiger partial charge in [-0.05, 0) is 43.7 Å². The minimum Gasteiger partial charge on any atom is -0.395 e. The van der Waals surface area contributed by atoms with Gasteiger partial charge in [-0.25, -0.2) is 0 Å². The first-order valence-electron chi connectivity index (χ1n) is 6.33. The molecule has 0 aliphatic carbocycles. The van der Waals surface area contributed by atoms with Gasteiger partial charge >= 0.3 is 0 Å². The van der Waals surface area contributed by atoms with Crippen LogP contribution < -0.4 is 0 Å². The van der Waals surface area contributed by atoms with E-state index in [1.807, 2.05) is 0 Å². The van der Waals surface area contributed by atoms with Crippen molar-refractivity contribution in [3.05, 3.63) is 34.9 Å². The number of hydrogen-bond donors (Lipinski definition) is 1. The first kappa shape index (κ1) is 13.5. The maximum Gasteiger partial charge on any atom is 0.167 e. The molecule has 0 saturated carbocycles. The summed E-state index contributed by atoms with van der Waals surface area (Å²) in [4.78, 5) is 14.5. The number of hydrogen-bond acceptors (Lipinski definition) is 3. The molecule has 0 aromatic heterocycles. The van der Waals surface area contributed by atoms with Crippen molar-refractivity contribution < 1.29 is 9.90 Å². The van der Waals surface area contributed by atoms with Crippen LogP contribution >= 0.6 is 11.6 Å². The number of β-amino-alcohol motifs (C(OH)–C–C–N with tert-alkyl or cyclic N) is 1. The SMILES string of the molecule is O=C(c1ccc(Cl)cc1)C1CCCN(CCO)C1. The molecule has 4 heteroatoms. The van der Waals surface area contributed by atoms with Crippen molar-refractivity contribution in [3.63, 3.8) is 0 Å². The normalized spacial score (nSPS) is 20.9. The molecule has 1 unspecified atom stereocenters.